The minimum atomic E-state index is 0.487. The molecule has 0 saturated heterocycles. The molecular formula is C15H23N9S3. The quantitative estimate of drug-likeness (QED) is 0.142. The van der Waals surface area contributed by atoms with Crippen LogP contribution in [0.1, 0.15) is 10.7 Å². The van der Waals surface area contributed by atoms with Crippen LogP contribution < -0.4 is 21.3 Å². The molecule has 0 fully saturated rings. The summed E-state index contributed by atoms with van der Waals surface area (Å²) in [7, 11) is 3.26. The zero-order valence-corrected chi connectivity index (χ0v) is 17.7. The van der Waals surface area contributed by atoms with E-state index >= 15 is 0 Å². The van der Waals surface area contributed by atoms with Gasteiger partial charge in [-0.2, -0.15) is 34.0 Å². The van der Waals surface area contributed by atoms with Crippen molar-refractivity contribution in [1.82, 2.24) is 26.3 Å². The first kappa shape index (κ1) is 22.9. The summed E-state index contributed by atoms with van der Waals surface area (Å²) >= 11 is 5.25. The molecule has 9 nitrogen and oxygen atoms in total. The summed E-state index contributed by atoms with van der Waals surface area (Å²) in [5.41, 5.74) is 1.09. The van der Waals surface area contributed by atoms with Crippen molar-refractivity contribution in [2.75, 3.05) is 38.7 Å². The number of nitriles is 2. The molecule has 0 aliphatic rings. The molecule has 1 aromatic rings. The highest BCUT2D eigenvalue weighted by atomic mass is 32.2. The van der Waals surface area contributed by atoms with Gasteiger partial charge < -0.3 is 10.6 Å². The highest BCUT2D eigenvalue weighted by molar-refractivity contribution is 7.98. The van der Waals surface area contributed by atoms with Crippen LogP contribution >= 0.6 is 34.9 Å². The van der Waals surface area contributed by atoms with Crippen molar-refractivity contribution < 1.29 is 0 Å². The number of nitrogens with zero attached hydrogens (tertiary/aromatic N) is 5. The molecule has 0 amide bonds. The molecule has 146 valence electrons. The van der Waals surface area contributed by atoms with Crippen LogP contribution in [0.2, 0.25) is 0 Å². The van der Waals surface area contributed by atoms with Gasteiger partial charge in [0, 0.05) is 55.6 Å². The van der Waals surface area contributed by atoms with E-state index in [1.807, 2.05) is 12.4 Å². The highest BCUT2D eigenvalue weighted by Gasteiger charge is 2.03. The molecule has 0 spiro atoms. The number of rotatable bonds is 10. The largest absolute Gasteiger partial charge is 0.355 e. The molecule has 1 rings (SSSR count). The van der Waals surface area contributed by atoms with Crippen molar-refractivity contribution >= 4 is 46.8 Å². The second-order valence-electron chi connectivity index (χ2n) is 4.81. The summed E-state index contributed by atoms with van der Waals surface area (Å²) in [4.78, 5) is 12.5. The van der Waals surface area contributed by atoms with E-state index < -0.39 is 0 Å². The minimum Gasteiger partial charge on any atom is -0.355 e. The SMILES string of the molecule is CN=C(NC#N)NCCSCc1csc(CSCCNC(=NC)NC#N)n1. The van der Waals surface area contributed by atoms with Gasteiger partial charge in [-0.3, -0.25) is 20.6 Å². The normalized spacial score (nSPS) is 11.4. The first-order valence-corrected chi connectivity index (χ1v) is 11.2. The number of aliphatic imine (C=N–C) groups is 2. The Kier molecular flexibility index (Phi) is 12.7. The predicted octanol–water partition coefficient (Wildman–Crippen LogP) is 0.902. The lowest BCUT2D eigenvalue weighted by Crippen LogP contribution is -2.35. The van der Waals surface area contributed by atoms with E-state index in [2.05, 4.69) is 41.6 Å². The summed E-state index contributed by atoms with van der Waals surface area (Å²) < 4.78 is 0. The molecule has 27 heavy (non-hydrogen) atoms. The monoisotopic (exact) mass is 425 g/mol. The van der Waals surface area contributed by atoms with Crippen LogP contribution in [0.5, 0.6) is 0 Å². The zero-order chi connectivity index (χ0) is 19.7. The van der Waals surface area contributed by atoms with Gasteiger partial charge in [0.05, 0.1) is 5.69 Å². The Labute approximate surface area is 172 Å². The fourth-order valence-electron chi connectivity index (χ4n) is 1.77. The lowest BCUT2D eigenvalue weighted by atomic mass is 10.6. The number of thiazole rings is 1. The van der Waals surface area contributed by atoms with Crippen LogP contribution in [0.15, 0.2) is 15.4 Å². The van der Waals surface area contributed by atoms with E-state index in [0.29, 0.717) is 11.9 Å². The molecule has 0 aliphatic heterocycles. The van der Waals surface area contributed by atoms with Crippen LogP contribution in [0.3, 0.4) is 0 Å². The topological polar surface area (TPSA) is 133 Å². The molecular weight excluding hydrogens is 402 g/mol. The Hall–Kier alpha value is -2.15. The number of guanidine groups is 2. The molecule has 1 aromatic heterocycles. The molecule has 0 saturated carbocycles. The third kappa shape index (κ3) is 10.6. The second-order valence-corrected chi connectivity index (χ2v) is 7.96. The zero-order valence-electron chi connectivity index (χ0n) is 15.3. The summed E-state index contributed by atoms with van der Waals surface area (Å²) in [6, 6.07) is 0. The van der Waals surface area contributed by atoms with Gasteiger partial charge in [-0.25, -0.2) is 4.98 Å². The van der Waals surface area contributed by atoms with Crippen molar-refractivity contribution in [2.45, 2.75) is 11.5 Å². The molecule has 0 atom stereocenters. The Morgan fingerprint density at radius 3 is 2.11 bits per heavy atom. The first-order valence-electron chi connectivity index (χ1n) is 8.03. The lowest BCUT2D eigenvalue weighted by Gasteiger charge is -2.06. The van der Waals surface area contributed by atoms with E-state index in [1.54, 1.807) is 49.0 Å². The summed E-state index contributed by atoms with van der Waals surface area (Å²) in [6.07, 6.45) is 3.68. The maximum absolute atomic E-state index is 8.55. The molecule has 0 aliphatic carbocycles. The Morgan fingerprint density at radius 1 is 1.04 bits per heavy atom. The Bertz CT molecular complexity index is 631. The van der Waals surface area contributed by atoms with Gasteiger partial charge in [-0.15, -0.1) is 11.3 Å². The fraction of sp³-hybridized carbons (Fsp3) is 0.533. The van der Waals surface area contributed by atoms with Crippen LogP contribution in [0.25, 0.3) is 0 Å². The van der Waals surface area contributed by atoms with Crippen molar-refractivity contribution in [1.29, 1.82) is 10.5 Å². The number of hydrogen-bond acceptors (Lipinski definition) is 8. The number of thioether (sulfide) groups is 2. The number of hydrogen-bond donors (Lipinski definition) is 4. The number of nitrogens with one attached hydrogen (secondary N) is 4. The van der Waals surface area contributed by atoms with E-state index in [1.165, 1.54) is 0 Å². The second kappa shape index (κ2) is 15.0. The predicted molar refractivity (Wildman–Crippen MR) is 115 cm³/mol. The van der Waals surface area contributed by atoms with Gasteiger partial charge in [0.15, 0.2) is 12.4 Å². The molecule has 0 radical (unpaired) electrons. The van der Waals surface area contributed by atoms with Gasteiger partial charge >= 0.3 is 0 Å². The van der Waals surface area contributed by atoms with Crippen LogP contribution in [0, 0.1) is 22.9 Å². The van der Waals surface area contributed by atoms with Gasteiger partial charge in [0.1, 0.15) is 5.01 Å². The average Bonchev–Trinajstić information content (AvgIpc) is 3.13. The molecule has 0 aromatic carbocycles. The standard InChI is InChI=1S/C15H23N9S3/c1-18-14(22-10-16)20-3-5-25-7-12-8-27-13(24-12)9-26-6-4-21-15(19-2)23-11-17/h8H,3-7,9H2,1-2H3,(H2,18,20,22)(H2,19,21,23). The van der Waals surface area contributed by atoms with Crippen molar-refractivity contribution in [3.8, 4) is 12.4 Å². The van der Waals surface area contributed by atoms with E-state index in [4.69, 9.17) is 10.5 Å². The van der Waals surface area contributed by atoms with Crippen LogP contribution in [-0.4, -0.2) is 55.6 Å². The Balaban J connectivity index is 2.13. The smallest absolute Gasteiger partial charge is 0.204 e. The van der Waals surface area contributed by atoms with Crippen LogP contribution in [-0.2, 0) is 11.5 Å². The van der Waals surface area contributed by atoms with Crippen molar-refractivity contribution in [3.63, 3.8) is 0 Å². The maximum Gasteiger partial charge on any atom is 0.204 e. The van der Waals surface area contributed by atoms with Crippen molar-refractivity contribution in [2.24, 2.45) is 9.98 Å². The van der Waals surface area contributed by atoms with Crippen molar-refractivity contribution in [3.05, 3.63) is 16.1 Å². The first-order chi connectivity index (χ1) is 13.2. The molecule has 4 N–H and O–H groups in total. The average molecular weight is 426 g/mol. The van der Waals surface area contributed by atoms with E-state index in [-0.39, 0.29) is 0 Å². The summed E-state index contributed by atoms with van der Waals surface area (Å²) in [5, 5.41) is 31.4. The van der Waals surface area contributed by atoms with Gasteiger partial charge in [0.2, 0.25) is 11.9 Å². The fourth-order valence-corrected chi connectivity index (χ4v) is 4.35. The maximum atomic E-state index is 8.55. The van der Waals surface area contributed by atoms with Gasteiger partial charge in [-0.05, 0) is 0 Å². The lowest BCUT2D eigenvalue weighted by molar-refractivity contribution is 0.930. The van der Waals surface area contributed by atoms with E-state index in [0.717, 1.165) is 46.8 Å². The van der Waals surface area contributed by atoms with Crippen LogP contribution in [0.4, 0.5) is 0 Å². The van der Waals surface area contributed by atoms with E-state index in [9.17, 15) is 0 Å². The Morgan fingerprint density at radius 2 is 1.59 bits per heavy atom. The summed E-state index contributed by atoms with van der Waals surface area (Å²) in [5.74, 6) is 4.52. The third-order valence-corrected chi connectivity index (χ3v) is 5.99. The molecule has 0 unspecified atom stereocenters. The molecule has 12 heteroatoms. The number of aromatic nitrogens is 1. The molecule has 0 bridgehead atoms. The van der Waals surface area contributed by atoms with Gasteiger partial charge in [-0.1, -0.05) is 0 Å². The highest BCUT2D eigenvalue weighted by Crippen LogP contribution is 2.19. The summed E-state index contributed by atoms with van der Waals surface area (Å²) in [6.45, 7) is 1.46. The van der Waals surface area contributed by atoms with Gasteiger partial charge in [0.25, 0.3) is 0 Å². The molecule has 1 heterocycles. The minimum absolute atomic E-state index is 0.487. The third-order valence-electron chi connectivity index (χ3n) is 2.95.